The van der Waals surface area contributed by atoms with Crippen LogP contribution >= 0.6 is 0 Å². The molecule has 2 aliphatic carbocycles. The summed E-state index contributed by atoms with van der Waals surface area (Å²) in [5.41, 5.74) is 0. The minimum atomic E-state index is -1.52. The van der Waals surface area contributed by atoms with Gasteiger partial charge in [-0.2, -0.15) is 0 Å². The van der Waals surface area contributed by atoms with Gasteiger partial charge in [-0.1, -0.05) is 0 Å². The number of hydrogen-bond donors (Lipinski definition) is 1. The van der Waals surface area contributed by atoms with Gasteiger partial charge in [0.25, 0.3) is 0 Å². The quantitative estimate of drug-likeness (QED) is 0.490. The van der Waals surface area contributed by atoms with Gasteiger partial charge in [-0.3, -0.25) is 0 Å². The van der Waals surface area contributed by atoms with Crippen LogP contribution in [0.3, 0.4) is 0 Å². The predicted molar refractivity (Wildman–Crippen MR) is 47.0 cm³/mol. The summed E-state index contributed by atoms with van der Waals surface area (Å²) in [6.45, 7) is 0.743. The van der Waals surface area contributed by atoms with Crippen LogP contribution in [0.15, 0.2) is 0 Å². The molecule has 5 heteroatoms. The molecule has 15 heavy (non-hydrogen) atoms. The molecular formula is C10H12O5. The Hall–Kier alpha value is -1.10. The summed E-state index contributed by atoms with van der Waals surface area (Å²) in [5.74, 6) is -1.26. The standard InChI is InChI=1S/C10H12O5/c11-9(12)10(13)15-7-4-1-5-3-14-8(7)6(5)2-4/h4-8H,1-3H2,(H,11,12). The predicted octanol–water partition coefficient (Wildman–Crippen LogP) is 0.0376. The molecule has 0 aromatic rings. The van der Waals surface area contributed by atoms with Crippen LogP contribution in [0.5, 0.6) is 0 Å². The molecule has 5 unspecified atom stereocenters. The van der Waals surface area contributed by atoms with Crippen molar-refractivity contribution in [1.29, 1.82) is 0 Å². The highest BCUT2D eigenvalue weighted by molar-refractivity contribution is 6.28. The summed E-state index contributed by atoms with van der Waals surface area (Å²) in [7, 11) is 0. The molecule has 1 heterocycles. The van der Waals surface area contributed by atoms with Crippen molar-refractivity contribution in [2.75, 3.05) is 6.61 Å². The van der Waals surface area contributed by atoms with Crippen LogP contribution in [0.25, 0.3) is 0 Å². The van der Waals surface area contributed by atoms with E-state index >= 15 is 0 Å². The molecule has 3 aliphatic rings. The summed E-state index contributed by atoms with van der Waals surface area (Å²) in [5, 5.41) is 8.47. The zero-order chi connectivity index (χ0) is 10.6. The zero-order valence-corrected chi connectivity index (χ0v) is 8.09. The largest absolute Gasteiger partial charge is 0.473 e. The number of carboxylic acids is 1. The lowest BCUT2D eigenvalue weighted by atomic mass is 9.88. The maximum atomic E-state index is 11.0. The van der Waals surface area contributed by atoms with Crippen molar-refractivity contribution in [3.05, 3.63) is 0 Å². The SMILES string of the molecule is O=C(O)C(=O)OC1C2CC3COC1C3C2. The number of rotatable bonds is 1. The second kappa shape index (κ2) is 2.95. The van der Waals surface area contributed by atoms with Crippen molar-refractivity contribution in [3.63, 3.8) is 0 Å². The van der Waals surface area contributed by atoms with E-state index in [-0.39, 0.29) is 12.2 Å². The fraction of sp³-hybridized carbons (Fsp3) is 0.800. The molecule has 0 spiro atoms. The van der Waals surface area contributed by atoms with Gasteiger partial charge in [0.05, 0.1) is 12.7 Å². The zero-order valence-electron chi connectivity index (χ0n) is 8.09. The van der Waals surface area contributed by atoms with Crippen LogP contribution in [0.2, 0.25) is 0 Å². The molecular weight excluding hydrogens is 200 g/mol. The fourth-order valence-electron chi connectivity index (χ4n) is 3.37. The van der Waals surface area contributed by atoms with Gasteiger partial charge in [-0.15, -0.1) is 0 Å². The maximum absolute atomic E-state index is 11.0. The highest BCUT2D eigenvalue weighted by Crippen LogP contribution is 2.54. The Labute approximate surface area is 86.4 Å². The molecule has 3 rings (SSSR count). The molecule has 1 aliphatic heterocycles. The van der Waals surface area contributed by atoms with E-state index in [4.69, 9.17) is 14.6 Å². The van der Waals surface area contributed by atoms with Gasteiger partial charge in [0.2, 0.25) is 0 Å². The molecule has 0 aromatic carbocycles. The van der Waals surface area contributed by atoms with Crippen molar-refractivity contribution < 1.29 is 24.2 Å². The van der Waals surface area contributed by atoms with E-state index in [1.807, 2.05) is 0 Å². The number of fused-ring (bicyclic) bond motifs is 1. The number of esters is 1. The minimum Gasteiger partial charge on any atom is -0.473 e. The lowest BCUT2D eigenvalue weighted by Gasteiger charge is -2.25. The van der Waals surface area contributed by atoms with Crippen LogP contribution in [0.1, 0.15) is 12.8 Å². The smallest absolute Gasteiger partial charge is 0.417 e. The normalized spacial score (nSPS) is 45.7. The van der Waals surface area contributed by atoms with E-state index in [0.717, 1.165) is 19.4 Å². The fourth-order valence-corrected chi connectivity index (χ4v) is 3.37. The lowest BCUT2D eigenvalue weighted by molar-refractivity contribution is -0.172. The molecule has 0 aromatic heterocycles. The number of carboxylic acid groups (broad SMARTS) is 1. The van der Waals surface area contributed by atoms with Gasteiger partial charge in [0, 0.05) is 0 Å². The average molecular weight is 212 g/mol. The first-order chi connectivity index (χ1) is 7.16. The first-order valence-corrected chi connectivity index (χ1v) is 5.22. The summed E-state index contributed by atoms with van der Waals surface area (Å²) in [6.07, 6.45) is 1.67. The topological polar surface area (TPSA) is 72.8 Å². The molecule has 3 fully saturated rings. The first kappa shape index (κ1) is 9.15. The Balaban J connectivity index is 1.73. The van der Waals surface area contributed by atoms with E-state index in [2.05, 4.69) is 0 Å². The molecule has 0 radical (unpaired) electrons. The molecule has 5 atom stereocenters. The van der Waals surface area contributed by atoms with Crippen LogP contribution in [0, 0.1) is 17.8 Å². The monoisotopic (exact) mass is 212 g/mol. The van der Waals surface area contributed by atoms with Gasteiger partial charge < -0.3 is 14.6 Å². The number of ether oxygens (including phenoxy) is 2. The Morgan fingerprint density at radius 2 is 2.07 bits per heavy atom. The van der Waals surface area contributed by atoms with Gasteiger partial charge in [0.15, 0.2) is 0 Å². The van der Waals surface area contributed by atoms with E-state index in [1.165, 1.54) is 0 Å². The van der Waals surface area contributed by atoms with Crippen LogP contribution in [-0.4, -0.2) is 35.9 Å². The van der Waals surface area contributed by atoms with E-state index in [0.29, 0.717) is 17.8 Å². The van der Waals surface area contributed by atoms with Crippen molar-refractivity contribution in [1.82, 2.24) is 0 Å². The van der Waals surface area contributed by atoms with Gasteiger partial charge in [0.1, 0.15) is 6.10 Å². The lowest BCUT2D eigenvalue weighted by Crippen LogP contribution is -2.37. The molecule has 1 saturated heterocycles. The van der Waals surface area contributed by atoms with Gasteiger partial charge in [-0.25, -0.2) is 9.59 Å². The van der Waals surface area contributed by atoms with Crippen molar-refractivity contribution in [3.8, 4) is 0 Å². The van der Waals surface area contributed by atoms with Crippen molar-refractivity contribution >= 4 is 11.9 Å². The van der Waals surface area contributed by atoms with E-state index < -0.39 is 11.9 Å². The van der Waals surface area contributed by atoms with Crippen molar-refractivity contribution in [2.24, 2.45) is 17.8 Å². The molecule has 5 nitrogen and oxygen atoms in total. The van der Waals surface area contributed by atoms with E-state index in [1.54, 1.807) is 0 Å². The summed E-state index contributed by atoms with van der Waals surface area (Å²) >= 11 is 0. The number of aliphatic carboxylic acids is 1. The third kappa shape index (κ3) is 1.19. The second-order valence-electron chi connectivity index (χ2n) is 4.63. The average Bonchev–Trinajstić information content (AvgIpc) is 2.76. The first-order valence-electron chi connectivity index (χ1n) is 5.22. The van der Waals surface area contributed by atoms with Crippen LogP contribution in [-0.2, 0) is 19.1 Å². The molecule has 0 amide bonds. The summed E-state index contributed by atoms with van der Waals surface area (Å²) < 4.78 is 10.5. The third-order valence-corrected chi connectivity index (χ3v) is 3.92. The van der Waals surface area contributed by atoms with E-state index in [9.17, 15) is 9.59 Å². The Kier molecular flexibility index (Phi) is 1.80. The Bertz CT molecular complexity index is 324. The molecule has 1 N–H and O–H groups in total. The van der Waals surface area contributed by atoms with Crippen LogP contribution in [0.4, 0.5) is 0 Å². The number of carbonyl (C=O) groups excluding carboxylic acids is 1. The number of carbonyl (C=O) groups is 2. The Morgan fingerprint density at radius 3 is 2.80 bits per heavy atom. The minimum absolute atomic E-state index is 0.0444. The molecule has 2 bridgehead atoms. The summed E-state index contributed by atoms with van der Waals surface area (Å²) in [6, 6.07) is 0. The second-order valence-corrected chi connectivity index (χ2v) is 4.63. The maximum Gasteiger partial charge on any atom is 0.417 e. The molecule has 82 valence electrons. The van der Waals surface area contributed by atoms with Crippen molar-refractivity contribution in [2.45, 2.75) is 25.0 Å². The number of hydrogen-bond acceptors (Lipinski definition) is 4. The van der Waals surface area contributed by atoms with Gasteiger partial charge >= 0.3 is 11.9 Å². The highest BCUT2D eigenvalue weighted by Gasteiger charge is 2.59. The third-order valence-electron chi connectivity index (χ3n) is 3.92. The molecule has 2 saturated carbocycles. The van der Waals surface area contributed by atoms with Gasteiger partial charge in [-0.05, 0) is 30.6 Å². The summed E-state index contributed by atoms with van der Waals surface area (Å²) in [4.78, 5) is 21.4. The van der Waals surface area contributed by atoms with Crippen LogP contribution < -0.4 is 0 Å². The highest BCUT2D eigenvalue weighted by atomic mass is 16.6. The Morgan fingerprint density at radius 1 is 1.27 bits per heavy atom.